The van der Waals surface area contributed by atoms with E-state index in [0.29, 0.717) is 10.6 Å². The Hall–Kier alpha value is -2.85. The number of hydrogen-bond acceptors (Lipinski definition) is 2. The van der Waals surface area contributed by atoms with Crippen LogP contribution in [0.3, 0.4) is 0 Å². The fourth-order valence-electron chi connectivity index (χ4n) is 3.02. The van der Waals surface area contributed by atoms with Crippen molar-refractivity contribution in [2.75, 3.05) is 0 Å². The number of halogens is 1. The number of carbonyl (C=O) groups is 1. The lowest BCUT2D eigenvalue weighted by Crippen LogP contribution is -2.17. The second-order valence-electron chi connectivity index (χ2n) is 6.39. The van der Waals surface area contributed by atoms with E-state index in [1.807, 2.05) is 6.92 Å². The first-order valence-corrected chi connectivity index (χ1v) is 9.24. The molecule has 3 rings (SSSR count). The van der Waals surface area contributed by atoms with Gasteiger partial charge in [-0.3, -0.25) is 4.79 Å². The number of hydrazone groups is 1. The molecule has 0 radical (unpaired) electrons. The van der Waals surface area contributed by atoms with Crippen LogP contribution in [0.4, 0.5) is 0 Å². The lowest BCUT2D eigenvalue weighted by Gasteiger charge is -2.10. The number of hydrogen-bond donors (Lipinski definition) is 1. The van der Waals surface area contributed by atoms with Gasteiger partial charge in [-0.1, -0.05) is 30.7 Å². The fourth-order valence-corrected chi connectivity index (χ4v) is 3.15. The van der Waals surface area contributed by atoms with Gasteiger partial charge in [-0.25, -0.2) is 5.43 Å². The fraction of sp³-hybridized carbons (Fsp3) is 0.182. The lowest BCUT2D eigenvalue weighted by molar-refractivity contribution is 0.0955. The third kappa shape index (κ3) is 4.29. The predicted octanol–water partition coefficient (Wildman–Crippen LogP) is 5.07. The molecule has 5 heteroatoms. The molecule has 0 spiro atoms. The number of nitrogens with one attached hydrogen (secondary N) is 1. The zero-order valence-corrected chi connectivity index (χ0v) is 16.4. The molecule has 0 aliphatic heterocycles. The summed E-state index contributed by atoms with van der Waals surface area (Å²) in [5.41, 5.74) is 8.64. The Morgan fingerprint density at radius 2 is 1.78 bits per heavy atom. The van der Waals surface area contributed by atoms with E-state index in [-0.39, 0.29) is 5.91 Å². The van der Waals surface area contributed by atoms with E-state index < -0.39 is 0 Å². The lowest BCUT2D eigenvalue weighted by atomic mass is 10.1. The molecule has 1 aromatic heterocycles. The quantitative estimate of drug-likeness (QED) is 0.488. The summed E-state index contributed by atoms with van der Waals surface area (Å²) in [5.74, 6) is -0.271. The highest BCUT2D eigenvalue weighted by atomic mass is 35.5. The van der Waals surface area contributed by atoms with Crippen LogP contribution in [0.25, 0.3) is 5.69 Å². The molecule has 0 bridgehead atoms. The number of aryl methyl sites for hydroxylation is 2. The molecular formula is C22H22ClN3O. The second kappa shape index (κ2) is 8.23. The first kappa shape index (κ1) is 18.9. The Bertz CT molecular complexity index is 970. The van der Waals surface area contributed by atoms with Crippen molar-refractivity contribution < 1.29 is 4.79 Å². The van der Waals surface area contributed by atoms with Crippen molar-refractivity contribution in [3.8, 4) is 5.69 Å². The first-order valence-electron chi connectivity index (χ1n) is 8.87. The van der Waals surface area contributed by atoms with Crippen LogP contribution in [-0.4, -0.2) is 16.7 Å². The summed E-state index contributed by atoms with van der Waals surface area (Å²) < 4.78 is 2.18. The van der Waals surface area contributed by atoms with Crippen LogP contribution in [0.15, 0.2) is 59.7 Å². The number of carbonyl (C=O) groups excluding carboxylic acids is 1. The minimum Gasteiger partial charge on any atom is -0.318 e. The summed E-state index contributed by atoms with van der Waals surface area (Å²) in [4.78, 5) is 12.1. The van der Waals surface area contributed by atoms with Crippen LogP contribution in [0.2, 0.25) is 5.02 Å². The van der Waals surface area contributed by atoms with Crippen LogP contribution in [0.1, 0.15) is 39.8 Å². The Morgan fingerprint density at radius 3 is 2.41 bits per heavy atom. The van der Waals surface area contributed by atoms with E-state index in [4.69, 9.17) is 11.6 Å². The molecule has 1 amide bonds. The van der Waals surface area contributed by atoms with Gasteiger partial charge in [0.15, 0.2) is 0 Å². The number of nitrogens with zero attached hydrogens (tertiary/aromatic N) is 2. The maximum Gasteiger partial charge on any atom is 0.271 e. The van der Waals surface area contributed by atoms with E-state index in [1.165, 1.54) is 5.56 Å². The van der Waals surface area contributed by atoms with Crippen molar-refractivity contribution in [3.63, 3.8) is 0 Å². The maximum atomic E-state index is 12.1. The highest BCUT2D eigenvalue weighted by molar-refractivity contribution is 6.30. The van der Waals surface area contributed by atoms with Crippen LogP contribution >= 0.6 is 11.6 Å². The number of benzene rings is 2. The summed E-state index contributed by atoms with van der Waals surface area (Å²) in [6.45, 7) is 6.25. The number of rotatable bonds is 5. The SMILES string of the molecule is CCc1ccc(-n2c(C)cc(/C=N\NC(=O)c3ccc(Cl)cc3)c2C)cc1. The monoisotopic (exact) mass is 379 g/mol. The van der Waals surface area contributed by atoms with Crippen LogP contribution in [0.5, 0.6) is 0 Å². The molecule has 138 valence electrons. The largest absolute Gasteiger partial charge is 0.318 e. The van der Waals surface area contributed by atoms with Gasteiger partial charge in [-0.15, -0.1) is 0 Å². The van der Waals surface area contributed by atoms with Gasteiger partial charge < -0.3 is 4.57 Å². The van der Waals surface area contributed by atoms with Crippen molar-refractivity contribution in [3.05, 3.63) is 87.7 Å². The normalized spacial score (nSPS) is 11.1. The average molecular weight is 380 g/mol. The summed E-state index contributed by atoms with van der Waals surface area (Å²) in [6, 6.07) is 17.3. The Labute approximate surface area is 164 Å². The van der Waals surface area contributed by atoms with E-state index in [1.54, 1.807) is 30.5 Å². The van der Waals surface area contributed by atoms with Crippen LogP contribution in [-0.2, 0) is 6.42 Å². The van der Waals surface area contributed by atoms with E-state index in [2.05, 4.69) is 59.3 Å². The van der Waals surface area contributed by atoms with Gasteiger partial charge in [0.2, 0.25) is 0 Å². The van der Waals surface area contributed by atoms with Gasteiger partial charge in [0.1, 0.15) is 0 Å². The molecule has 0 unspecified atom stereocenters. The van der Waals surface area contributed by atoms with Crippen molar-refractivity contribution in [1.29, 1.82) is 0 Å². The summed E-state index contributed by atoms with van der Waals surface area (Å²) in [7, 11) is 0. The third-order valence-corrected chi connectivity index (χ3v) is 4.80. The molecule has 0 saturated carbocycles. The van der Waals surface area contributed by atoms with Gasteiger partial charge in [0.25, 0.3) is 5.91 Å². The minimum absolute atomic E-state index is 0.271. The Balaban J connectivity index is 1.76. The van der Waals surface area contributed by atoms with Crippen molar-refractivity contribution in [1.82, 2.24) is 9.99 Å². The number of amides is 1. The molecule has 2 aromatic carbocycles. The van der Waals surface area contributed by atoms with Crippen LogP contribution < -0.4 is 5.43 Å². The molecule has 0 aliphatic carbocycles. The van der Waals surface area contributed by atoms with E-state index in [9.17, 15) is 4.79 Å². The van der Waals surface area contributed by atoms with Gasteiger partial charge in [0, 0.05) is 33.2 Å². The van der Waals surface area contributed by atoms with Gasteiger partial charge >= 0.3 is 0 Å². The standard InChI is InChI=1S/C22H22ClN3O/c1-4-17-5-11-21(12-6-17)26-15(2)13-19(16(26)3)14-24-25-22(27)18-7-9-20(23)10-8-18/h5-14H,4H2,1-3H3,(H,25,27)/b24-14-. The highest BCUT2D eigenvalue weighted by Gasteiger charge is 2.10. The second-order valence-corrected chi connectivity index (χ2v) is 6.82. The minimum atomic E-state index is -0.271. The molecule has 0 aliphatic rings. The highest BCUT2D eigenvalue weighted by Crippen LogP contribution is 2.20. The van der Waals surface area contributed by atoms with Crippen molar-refractivity contribution in [2.45, 2.75) is 27.2 Å². The molecular weight excluding hydrogens is 358 g/mol. The van der Waals surface area contributed by atoms with E-state index in [0.717, 1.165) is 29.1 Å². The first-order chi connectivity index (χ1) is 13.0. The van der Waals surface area contributed by atoms with E-state index >= 15 is 0 Å². The predicted molar refractivity (Wildman–Crippen MR) is 111 cm³/mol. The summed E-state index contributed by atoms with van der Waals surface area (Å²) >= 11 is 5.84. The zero-order chi connectivity index (χ0) is 19.4. The Kier molecular flexibility index (Phi) is 5.77. The molecule has 0 saturated heterocycles. The molecule has 3 aromatic rings. The summed E-state index contributed by atoms with van der Waals surface area (Å²) in [6.07, 6.45) is 2.70. The average Bonchev–Trinajstić information content (AvgIpc) is 2.96. The smallest absolute Gasteiger partial charge is 0.271 e. The van der Waals surface area contributed by atoms with Gasteiger partial charge in [0.05, 0.1) is 6.21 Å². The Morgan fingerprint density at radius 1 is 1.11 bits per heavy atom. The molecule has 1 N–H and O–H groups in total. The third-order valence-electron chi connectivity index (χ3n) is 4.55. The topological polar surface area (TPSA) is 46.4 Å². The van der Waals surface area contributed by atoms with Crippen molar-refractivity contribution >= 4 is 23.7 Å². The van der Waals surface area contributed by atoms with Crippen molar-refractivity contribution in [2.24, 2.45) is 5.10 Å². The molecule has 0 fully saturated rings. The van der Waals surface area contributed by atoms with Gasteiger partial charge in [-0.05, 0) is 68.3 Å². The molecule has 1 heterocycles. The zero-order valence-electron chi connectivity index (χ0n) is 15.7. The molecule has 0 atom stereocenters. The number of aromatic nitrogens is 1. The molecule has 4 nitrogen and oxygen atoms in total. The van der Waals surface area contributed by atoms with Gasteiger partial charge in [-0.2, -0.15) is 5.10 Å². The maximum absolute atomic E-state index is 12.1. The molecule has 27 heavy (non-hydrogen) atoms. The summed E-state index contributed by atoms with van der Waals surface area (Å²) in [5, 5.41) is 4.70. The van der Waals surface area contributed by atoms with Crippen LogP contribution in [0, 0.1) is 13.8 Å².